The van der Waals surface area contributed by atoms with Crippen LogP contribution in [0.1, 0.15) is 35.4 Å². The monoisotopic (exact) mass is 363 g/mol. The van der Waals surface area contributed by atoms with Crippen molar-refractivity contribution in [3.63, 3.8) is 0 Å². The molecule has 0 aliphatic heterocycles. The smallest absolute Gasteiger partial charge is 0.326 e. The number of aryl methyl sites for hydroxylation is 1. The molecular weight excluding hydrogens is 342 g/mol. The minimum atomic E-state index is -1.11. The van der Waals surface area contributed by atoms with Gasteiger partial charge in [0.05, 0.1) is 0 Å². The maximum Gasteiger partial charge on any atom is 0.326 e. The van der Waals surface area contributed by atoms with Crippen LogP contribution in [-0.2, 0) is 22.6 Å². The molecule has 0 saturated heterocycles. The first kappa shape index (κ1) is 19.4. The first-order valence-corrected chi connectivity index (χ1v) is 8.10. The molecule has 0 radical (unpaired) electrons. The van der Waals surface area contributed by atoms with Gasteiger partial charge in [0.25, 0.3) is 5.91 Å². The lowest BCUT2D eigenvalue weighted by Crippen LogP contribution is -2.41. The molecule has 1 heterocycles. The number of nitrogens with zero attached hydrogens (tertiary/aromatic N) is 2. The van der Waals surface area contributed by atoms with E-state index in [4.69, 9.17) is 19.1 Å². The Bertz CT molecular complexity index is 728. The van der Waals surface area contributed by atoms with Crippen molar-refractivity contribution in [3.05, 3.63) is 41.5 Å². The highest BCUT2D eigenvalue weighted by Crippen LogP contribution is 2.14. The molecule has 2 aromatic rings. The number of carboxylic acids is 1. The van der Waals surface area contributed by atoms with E-state index in [1.54, 1.807) is 24.3 Å². The third-order valence-corrected chi connectivity index (χ3v) is 3.51. The highest BCUT2D eigenvalue weighted by Gasteiger charge is 2.20. The zero-order valence-electron chi connectivity index (χ0n) is 14.6. The lowest BCUT2D eigenvalue weighted by Gasteiger charge is -2.14. The first-order valence-electron chi connectivity index (χ1n) is 8.10. The largest absolute Gasteiger partial charge is 0.485 e. The summed E-state index contributed by atoms with van der Waals surface area (Å²) in [4.78, 5) is 27.5. The molecule has 1 aromatic carbocycles. The Morgan fingerprint density at radius 3 is 2.62 bits per heavy atom. The fraction of sp³-hybridized carbons (Fsp3) is 0.412. The molecular formula is C17H21N3O6. The molecule has 1 atom stereocenters. The van der Waals surface area contributed by atoms with Gasteiger partial charge in [0.2, 0.25) is 11.7 Å². The van der Waals surface area contributed by atoms with Crippen molar-refractivity contribution in [3.8, 4) is 5.75 Å². The van der Waals surface area contributed by atoms with Crippen LogP contribution in [0, 0.1) is 0 Å². The van der Waals surface area contributed by atoms with E-state index in [0.29, 0.717) is 29.4 Å². The van der Waals surface area contributed by atoms with Crippen molar-refractivity contribution in [2.24, 2.45) is 0 Å². The second kappa shape index (κ2) is 9.52. The van der Waals surface area contributed by atoms with Gasteiger partial charge in [-0.25, -0.2) is 4.79 Å². The minimum absolute atomic E-state index is 0.146. The number of aliphatic carboxylic acids is 1. The molecule has 1 unspecified atom stereocenters. The topological polar surface area (TPSA) is 124 Å². The molecule has 1 amide bonds. The molecule has 0 aliphatic rings. The molecule has 0 bridgehead atoms. The number of aromatic nitrogens is 2. The van der Waals surface area contributed by atoms with E-state index in [1.807, 2.05) is 6.92 Å². The van der Waals surface area contributed by atoms with Gasteiger partial charge in [0.15, 0.2) is 6.61 Å². The van der Waals surface area contributed by atoms with Crippen LogP contribution >= 0.6 is 0 Å². The molecule has 2 N–H and O–H groups in total. The van der Waals surface area contributed by atoms with Crippen LogP contribution in [0.2, 0.25) is 0 Å². The maximum atomic E-state index is 12.2. The number of benzene rings is 1. The predicted octanol–water partition coefficient (Wildman–Crippen LogP) is 1.43. The summed E-state index contributed by atoms with van der Waals surface area (Å²) in [6, 6.07) is 5.31. The number of hydrogen-bond acceptors (Lipinski definition) is 7. The van der Waals surface area contributed by atoms with Crippen molar-refractivity contribution in [1.29, 1.82) is 0 Å². The van der Waals surface area contributed by atoms with E-state index in [9.17, 15) is 9.59 Å². The predicted molar refractivity (Wildman–Crippen MR) is 89.8 cm³/mol. The summed E-state index contributed by atoms with van der Waals surface area (Å²) < 4.78 is 15.4. The summed E-state index contributed by atoms with van der Waals surface area (Å²) in [5.74, 6) is -0.0884. The van der Waals surface area contributed by atoms with E-state index in [-0.39, 0.29) is 19.6 Å². The molecule has 0 fully saturated rings. The number of carbonyl (C=O) groups excluding carboxylic acids is 1. The second-order valence-electron chi connectivity index (χ2n) is 5.42. The first-order chi connectivity index (χ1) is 12.5. The molecule has 9 nitrogen and oxygen atoms in total. The standard InChI is InChI=1S/C17H21N3O6/c1-3-15-19-14(20-26-15)10-25-12-6-4-11(5-7-12)16(21)18-13(17(22)23)8-9-24-2/h4-7,13H,3,8-10H2,1-2H3,(H,18,21)(H,22,23). The number of nitrogens with one attached hydrogen (secondary N) is 1. The number of carboxylic acid groups (broad SMARTS) is 1. The second-order valence-corrected chi connectivity index (χ2v) is 5.42. The van der Waals surface area contributed by atoms with Crippen LogP contribution < -0.4 is 10.1 Å². The van der Waals surface area contributed by atoms with Gasteiger partial charge in [0, 0.05) is 32.1 Å². The Hall–Kier alpha value is -2.94. The SMILES string of the molecule is CCc1nc(COc2ccc(C(=O)NC(CCOC)C(=O)O)cc2)no1. The summed E-state index contributed by atoms with van der Waals surface area (Å²) in [7, 11) is 1.47. The highest BCUT2D eigenvalue weighted by molar-refractivity contribution is 5.96. The summed E-state index contributed by atoms with van der Waals surface area (Å²) in [5, 5.41) is 15.4. The Kier molecular flexibility index (Phi) is 7.10. The van der Waals surface area contributed by atoms with E-state index < -0.39 is 17.9 Å². The lowest BCUT2D eigenvalue weighted by molar-refractivity contribution is -0.139. The van der Waals surface area contributed by atoms with Crippen molar-refractivity contribution in [2.45, 2.75) is 32.4 Å². The molecule has 9 heteroatoms. The molecule has 26 heavy (non-hydrogen) atoms. The summed E-state index contributed by atoms with van der Waals surface area (Å²) in [6.45, 7) is 2.29. The quantitative estimate of drug-likeness (QED) is 0.650. The Balaban J connectivity index is 1.90. The summed E-state index contributed by atoms with van der Waals surface area (Å²) in [6.07, 6.45) is 0.835. The average molecular weight is 363 g/mol. The summed E-state index contributed by atoms with van der Waals surface area (Å²) >= 11 is 0. The number of carbonyl (C=O) groups is 2. The molecule has 0 saturated carbocycles. The van der Waals surface area contributed by atoms with Gasteiger partial charge in [-0.2, -0.15) is 4.98 Å². The third kappa shape index (κ3) is 5.55. The van der Waals surface area contributed by atoms with Crippen LogP contribution in [0.5, 0.6) is 5.75 Å². The van der Waals surface area contributed by atoms with Crippen molar-refractivity contribution < 1.29 is 28.7 Å². The number of ether oxygens (including phenoxy) is 2. The average Bonchev–Trinajstić information content (AvgIpc) is 3.11. The lowest BCUT2D eigenvalue weighted by atomic mass is 10.1. The number of methoxy groups -OCH3 is 1. The minimum Gasteiger partial charge on any atom is -0.485 e. The Labute approximate surface area is 150 Å². The van der Waals surface area contributed by atoms with Crippen LogP contribution in [0.4, 0.5) is 0 Å². The van der Waals surface area contributed by atoms with Gasteiger partial charge in [-0.05, 0) is 24.3 Å². The Morgan fingerprint density at radius 1 is 1.31 bits per heavy atom. The van der Waals surface area contributed by atoms with Crippen LogP contribution in [-0.4, -0.2) is 46.9 Å². The molecule has 2 rings (SSSR count). The Morgan fingerprint density at radius 2 is 2.04 bits per heavy atom. The summed E-state index contributed by atoms with van der Waals surface area (Å²) in [5.41, 5.74) is 0.328. The van der Waals surface area contributed by atoms with Crippen LogP contribution in [0.15, 0.2) is 28.8 Å². The van der Waals surface area contributed by atoms with E-state index in [1.165, 1.54) is 7.11 Å². The van der Waals surface area contributed by atoms with Crippen molar-refractivity contribution in [2.75, 3.05) is 13.7 Å². The maximum absolute atomic E-state index is 12.2. The van der Waals surface area contributed by atoms with Gasteiger partial charge in [-0.3, -0.25) is 4.79 Å². The number of hydrogen-bond donors (Lipinski definition) is 2. The van der Waals surface area contributed by atoms with E-state index >= 15 is 0 Å². The molecule has 1 aromatic heterocycles. The highest BCUT2D eigenvalue weighted by atomic mass is 16.5. The van der Waals surface area contributed by atoms with E-state index in [0.717, 1.165) is 0 Å². The zero-order chi connectivity index (χ0) is 18.9. The van der Waals surface area contributed by atoms with Gasteiger partial charge in [-0.15, -0.1) is 0 Å². The van der Waals surface area contributed by atoms with Crippen LogP contribution in [0.3, 0.4) is 0 Å². The molecule has 0 spiro atoms. The fourth-order valence-corrected chi connectivity index (χ4v) is 2.08. The third-order valence-electron chi connectivity index (χ3n) is 3.51. The van der Waals surface area contributed by atoms with Gasteiger partial charge < -0.3 is 24.4 Å². The number of rotatable bonds is 10. The molecule has 0 aliphatic carbocycles. The van der Waals surface area contributed by atoms with Crippen molar-refractivity contribution >= 4 is 11.9 Å². The van der Waals surface area contributed by atoms with Gasteiger partial charge >= 0.3 is 5.97 Å². The van der Waals surface area contributed by atoms with Gasteiger partial charge in [-0.1, -0.05) is 12.1 Å². The molecule has 140 valence electrons. The van der Waals surface area contributed by atoms with Crippen molar-refractivity contribution in [1.82, 2.24) is 15.5 Å². The normalized spacial score (nSPS) is 11.8. The number of amides is 1. The zero-order valence-corrected chi connectivity index (χ0v) is 14.6. The van der Waals surface area contributed by atoms with Gasteiger partial charge in [0.1, 0.15) is 11.8 Å². The van der Waals surface area contributed by atoms with Crippen LogP contribution in [0.25, 0.3) is 0 Å². The fourth-order valence-electron chi connectivity index (χ4n) is 2.08. The van der Waals surface area contributed by atoms with E-state index in [2.05, 4.69) is 15.5 Å².